The van der Waals surface area contributed by atoms with E-state index in [1.54, 1.807) is 13.0 Å². The Morgan fingerprint density at radius 1 is 1.29 bits per heavy atom. The summed E-state index contributed by atoms with van der Waals surface area (Å²) in [6, 6.07) is 4.49. The lowest BCUT2D eigenvalue weighted by atomic mass is 9.91. The van der Waals surface area contributed by atoms with Gasteiger partial charge in [0.15, 0.2) is 11.5 Å². The topological polar surface area (TPSA) is 105 Å². The highest BCUT2D eigenvalue weighted by Crippen LogP contribution is 2.25. The minimum absolute atomic E-state index is 0.0162. The molecule has 1 heterocycles. The molecule has 1 aromatic rings. The second-order valence-electron chi connectivity index (χ2n) is 5.22. The molecule has 3 N–H and O–H groups in total. The minimum atomic E-state index is -0.898. The molecule has 0 aliphatic carbocycles. The minimum Gasteiger partial charge on any atom is -0.504 e. The molecule has 0 atom stereocenters. The average molecular weight is 295 g/mol. The molecule has 1 saturated heterocycles. The number of carbonyl (C=O) groups excluding carboxylic acids is 2. The number of phenols is 2. The second kappa shape index (κ2) is 5.90. The van der Waals surface area contributed by atoms with Crippen molar-refractivity contribution in [3.05, 3.63) is 23.8 Å². The van der Waals surface area contributed by atoms with E-state index in [2.05, 4.69) is 5.32 Å². The van der Waals surface area contributed by atoms with Crippen LogP contribution in [0, 0.1) is 5.41 Å². The Kier molecular flexibility index (Phi) is 4.21. The van der Waals surface area contributed by atoms with E-state index in [4.69, 9.17) is 9.47 Å². The molecule has 1 amide bonds. The van der Waals surface area contributed by atoms with E-state index in [0.717, 1.165) is 5.56 Å². The van der Waals surface area contributed by atoms with E-state index < -0.39 is 11.6 Å². The Morgan fingerprint density at radius 3 is 2.57 bits per heavy atom. The van der Waals surface area contributed by atoms with Crippen LogP contribution in [0.15, 0.2) is 18.2 Å². The Hall–Kier alpha value is -2.44. The highest BCUT2D eigenvalue weighted by molar-refractivity contribution is 5.83. The van der Waals surface area contributed by atoms with Crippen LogP contribution in [-0.2, 0) is 20.7 Å². The lowest BCUT2D eigenvalue weighted by Gasteiger charge is -2.30. The lowest BCUT2D eigenvalue weighted by molar-refractivity contribution is -0.141. The predicted molar refractivity (Wildman–Crippen MR) is 71.9 cm³/mol. The fraction of sp³-hybridized carbons (Fsp3) is 0.429. The molecule has 7 heteroatoms. The van der Waals surface area contributed by atoms with Gasteiger partial charge in [-0.2, -0.15) is 0 Å². The van der Waals surface area contributed by atoms with Crippen LogP contribution in [0.2, 0.25) is 0 Å². The van der Waals surface area contributed by atoms with E-state index >= 15 is 0 Å². The van der Waals surface area contributed by atoms with Crippen molar-refractivity contribution in [3.8, 4) is 11.5 Å². The number of nitrogens with one attached hydrogen (secondary N) is 1. The maximum Gasteiger partial charge on any atom is 0.508 e. The third-order valence-corrected chi connectivity index (χ3v) is 3.30. The third kappa shape index (κ3) is 3.56. The zero-order chi connectivity index (χ0) is 15.5. The fourth-order valence-electron chi connectivity index (χ4n) is 1.91. The SMILES string of the molecule is CC1(C(=O)NCCc2ccc(O)c(O)c2)COC(=O)OC1. The maximum absolute atomic E-state index is 12.1. The summed E-state index contributed by atoms with van der Waals surface area (Å²) in [7, 11) is 0. The Bertz CT molecular complexity index is 546. The molecule has 0 bridgehead atoms. The Morgan fingerprint density at radius 2 is 1.95 bits per heavy atom. The summed E-state index contributed by atoms with van der Waals surface area (Å²) in [6.45, 7) is 1.98. The van der Waals surface area contributed by atoms with Crippen LogP contribution in [0.25, 0.3) is 0 Å². The van der Waals surface area contributed by atoms with Gasteiger partial charge in [-0.3, -0.25) is 4.79 Å². The van der Waals surface area contributed by atoms with Crippen LogP contribution >= 0.6 is 0 Å². The molecular formula is C14H17NO6. The average Bonchev–Trinajstić information content (AvgIpc) is 2.46. The first-order valence-corrected chi connectivity index (χ1v) is 6.49. The van der Waals surface area contributed by atoms with Crippen molar-refractivity contribution in [2.75, 3.05) is 19.8 Å². The van der Waals surface area contributed by atoms with Gasteiger partial charge in [0.05, 0.1) is 0 Å². The quantitative estimate of drug-likeness (QED) is 0.564. The van der Waals surface area contributed by atoms with Gasteiger partial charge in [-0.05, 0) is 31.0 Å². The zero-order valence-corrected chi connectivity index (χ0v) is 11.6. The second-order valence-corrected chi connectivity index (χ2v) is 5.22. The first kappa shape index (κ1) is 15.0. The van der Waals surface area contributed by atoms with Crippen LogP contribution in [-0.4, -0.2) is 42.0 Å². The van der Waals surface area contributed by atoms with Crippen LogP contribution in [0.1, 0.15) is 12.5 Å². The molecule has 0 saturated carbocycles. The monoisotopic (exact) mass is 295 g/mol. The van der Waals surface area contributed by atoms with Crippen molar-refractivity contribution in [2.24, 2.45) is 5.41 Å². The number of aromatic hydroxyl groups is 2. The Labute approximate surface area is 121 Å². The van der Waals surface area contributed by atoms with Gasteiger partial charge in [-0.1, -0.05) is 6.07 Å². The number of carbonyl (C=O) groups is 2. The van der Waals surface area contributed by atoms with Gasteiger partial charge in [0, 0.05) is 6.54 Å². The summed E-state index contributed by atoms with van der Waals surface area (Å²) in [6.07, 6.45) is -0.268. The van der Waals surface area contributed by atoms with E-state index in [1.807, 2.05) is 0 Å². The summed E-state index contributed by atoms with van der Waals surface area (Å²) >= 11 is 0. The van der Waals surface area contributed by atoms with Gasteiger partial charge in [0.1, 0.15) is 18.6 Å². The van der Waals surface area contributed by atoms with Crippen LogP contribution in [0.5, 0.6) is 11.5 Å². The highest BCUT2D eigenvalue weighted by atomic mass is 16.7. The van der Waals surface area contributed by atoms with E-state index in [0.29, 0.717) is 13.0 Å². The fourth-order valence-corrected chi connectivity index (χ4v) is 1.91. The number of amides is 1. The number of hydrogen-bond donors (Lipinski definition) is 3. The number of benzene rings is 1. The van der Waals surface area contributed by atoms with Gasteiger partial charge in [0.25, 0.3) is 0 Å². The summed E-state index contributed by atoms with van der Waals surface area (Å²) in [5, 5.41) is 21.3. The molecule has 1 aliphatic rings. The zero-order valence-electron chi connectivity index (χ0n) is 11.6. The Balaban J connectivity index is 1.84. The molecule has 114 valence electrons. The standard InChI is InChI=1S/C14H17NO6/c1-14(7-20-13(19)21-8-14)12(18)15-5-4-9-2-3-10(16)11(17)6-9/h2-3,6,16-17H,4-5,7-8H2,1H3,(H,15,18). The number of ether oxygens (including phenoxy) is 2. The number of phenolic OH excluding ortho intramolecular Hbond substituents is 2. The van der Waals surface area contributed by atoms with Crippen molar-refractivity contribution < 1.29 is 29.3 Å². The largest absolute Gasteiger partial charge is 0.508 e. The third-order valence-electron chi connectivity index (χ3n) is 3.30. The molecule has 1 aliphatic heterocycles. The number of hydrogen-bond acceptors (Lipinski definition) is 6. The molecule has 2 rings (SSSR count). The van der Waals surface area contributed by atoms with Crippen molar-refractivity contribution in [3.63, 3.8) is 0 Å². The van der Waals surface area contributed by atoms with E-state index in [-0.39, 0.29) is 30.6 Å². The molecule has 0 unspecified atom stereocenters. The predicted octanol–water partition coefficient (Wildman–Crippen LogP) is 0.930. The molecular weight excluding hydrogens is 278 g/mol. The van der Waals surface area contributed by atoms with Gasteiger partial charge in [-0.25, -0.2) is 4.79 Å². The molecule has 0 spiro atoms. The van der Waals surface area contributed by atoms with Crippen LogP contribution in [0.4, 0.5) is 4.79 Å². The number of rotatable bonds is 4. The molecule has 21 heavy (non-hydrogen) atoms. The lowest BCUT2D eigenvalue weighted by Crippen LogP contribution is -2.49. The van der Waals surface area contributed by atoms with Crippen molar-refractivity contribution in [1.82, 2.24) is 5.32 Å². The first-order chi connectivity index (χ1) is 9.90. The van der Waals surface area contributed by atoms with Gasteiger partial charge in [-0.15, -0.1) is 0 Å². The van der Waals surface area contributed by atoms with E-state index in [1.165, 1.54) is 12.1 Å². The smallest absolute Gasteiger partial charge is 0.504 e. The number of cyclic esters (lactones) is 2. The van der Waals surface area contributed by atoms with Gasteiger partial charge in [0.2, 0.25) is 5.91 Å². The summed E-state index contributed by atoms with van der Waals surface area (Å²) in [5.74, 6) is -0.646. The molecule has 0 radical (unpaired) electrons. The summed E-state index contributed by atoms with van der Waals surface area (Å²) in [5.41, 5.74) is -0.118. The molecule has 1 aromatic carbocycles. The molecule has 7 nitrogen and oxygen atoms in total. The maximum atomic E-state index is 12.1. The van der Waals surface area contributed by atoms with Gasteiger partial charge >= 0.3 is 6.16 Å². The van der Waals surface area contributed by atoms with Crippen molar-refractivity contribution >= 4 is 12.1 Å². The van der Waals surface area contributed by atoms with Crippen molar-refractivity contribution in [1.29, 1.82) is 0 Å². The van der Waals surface area contributed by atoms with Gasteiger partial charge < -0.3 is 25.0 Å². The van der Waals surface area contributed by atoms with Crippen molar-refractivity contribution in [2.45, 2.75) is 13.3 Å². The summed E-state index contributed by atoms with van der Waals surface area (Å²) < 4.78 is 9.45. The van der Waals surface area contributed by atoms with Crippen LogP contribution in [0.3, 0.4) is 0 Å². The molecule has 0 aromatic heterocycles. The normalized spacial score (nSPS) is 16.7. The highest BCUT2D eigenvalue weighted by Gasteiger charge is 2.40. The van der Waals surface area contributed by atoms with Crippen LogP contribution < -0.4 is 5.32 Å². The van der Waals surface area contributed by atoms with E-state index in [9.17, 15) is 19.8 Å². The first-order valence-electron chi connectivity index (χ1n) is 6.49. The molecule has 1 fully saturated rings. The summed E-state index contributed by atoms with van der Waals surface area (Å²) in [4.78, 5) is 22.9.